The molecular weight excluding hydrogens is 408 g/mol. The van der Waals surface area contributed by atoms with Gasteiger partial charge in [-0.05, 0) is 42.6 Å². The van der Waals surface area contributed by atoms with Crippen LogP contribution in [0.2, 0.25) is 0 Å². The van der Waals surface area contributed by atoms with E-state index in [0.29, 0.717) is 16.9 Å². The van der Waals surface area contributed by atoms with Crippen LogP contribution in [-0.2, 0) is 0 Å². The van der Waals surface area contributed by atoms with Gasteiger partial charge in [0.1, 0.15) is 0 Å². The van der Waals surface area contributed by atoms with Crippen LogP contribution in [0, 0.1) is 11.3 Å². The molecule has 2 N–H and O–H groups in total. The van der Waals surface area contributed by atoms with Crippen molar-refractivity contribution in [1.82, 2.24) is 9.78 Å². The summed E-state index contributed by atoms with van der Waals surface area (Å²) < 4.78 is 36.7. The smallest absolute Gasteiger partial charge is 0.405 e. The Morgan fingerprint density at radius 1 is 1.19 bits per heavy atom. The van der Waals surface area contributed by atoms with Crippen LogP contribution in [0.1, 0.15) is 11.3 Å². The van der Waals surface area contributed by atoms with Crippen LogP contribution in [0.5, 0.6) is 11.5 Å². The van der Waals surface area contributed by atoms with Crippen molar-refractivity contribution in [2.24, 2.45) is 10.7 Å². The summed E-state index contributed by atoms with van der Waals surface area (Å²) in [5, 5.41) is 13.3. The van der Waals surface area contributed by atoms with E-state index in [0.717, 1.165) is 0 Å². The summed E-state index contributed by atoms with van der Waals surface area (Å²) in [5.41, 5.74) is 6.37. The van der Waals surface area contributed by atoms with Gasteiger partial charge in [0.15, 0.2) is 17.2 Å². The largest absolute Gasteiger partial charge is 0.586 e. The number of nitrogens with zero attached hydrogens (tertiary/aromatic N) is 4. The standard InChI is InChI=1S/C21H13F2N5O3/c22-21(23)30-18-5-4-15(11-19(18)31-21)28-9-7-17(29)20(27-28)16(6-8-24)26-14-3-1-2-13(10-14)12-25/h1-11H,24H2. The minimum absolute atomic E-state index is 0.0328. The van der Waals surface area contributed by atoms with Crippen LogP contribution in [-0.4, -0.2) is 21.8 Å². The van der Waals surface area contributed by atoms with Crippen LogP contribution in [0.15, 0.2) is 76.8 Å². The van der Waals surface area contributed by atoms with E-state index in [1.54, 1.807) is 24.3 Å². The van der Waals surface area contributed by atoms with Gasteiger partial charge >= 0.3 is 6.29 Å². The number of aliphatic imine (C=N–C) groups is 1. The van der Waals surface area contributed by atoms with Crippen LogP contribution in [0.4, 0.5) is 14.5 Å². The number of nitrogens with two attached hydrogens (primary N) is 1. The molecule has 0 fully saturated rings. The Labute approximate surface area is 174 Å². The summed E-state index contributed by atoms with van der Waals surface area (Å²) in [6.45, 7) is 0. The van der Waals surface area contributed by atoms with E-state index in [9.17, 15) is 13.6 Å². The minimum Gasteiger partial charge on any atom is -0.405 e. The van der Waals surface area contributed by atoms with Crippen LogP contribution >= 0.6 is 0 Å². The highest BCUT2D eigenvalue weighted by atomic mass is 19.3. The average molecular weight is 421 g/mol. The zero-order valence-electron chi connectivity index (χ0n) is 15.7. The van der Waals surface area contributed by atoms with Gasteiger partial charge in [-0.15, -0.1) is 8.78 Å². The number of rotatable bonds is 4. The Balaban J connectivity index is 1.77. The molecule has 1 aromatic heterocycles. The molecule has 154 valence electrons. The maximum atomic E-state index is 13.3. The van der Waals surface area contributed by atoms with E-state index in [4.69, 9.17) is 11.0 Å². The van der Waals surface area contributed by atoms with Gasteiger partial charge in [-0.1, -0.05) is 6.07 Å². The van der Waals surface area contributed by atoms with Crippen molar-refractivity contribution in [3.05, 3.63) is 88.5 Å². The number of fused-ring (bicyclic) bond motifs is 1. The third-order valence-electron chi connectivity index (χ3n) is 4.18. The SMILES string of the molecule is N#Cc1cccc(N=C(C=CN)c2nn(-c3ccc4c(c3)OC(F)(F)O4)ccc2=O)c1. The number of hydrogen-bond acceptors (Lipinski definition) is 7. The lowest BCUT2D eigenvalue weighted by Crippen LogP contribution is -2.25. The molecule has 1 aliphatic rings. The topological polar surface area (TPSA) is 116 Å². The van der Waals surface area contributed by atoms with Crippen molar-refractivity contribution >= 4 is 11.4 Å². The fourth-order valence-electron chi connectivity index (χ4n) is 2.85. The number of allylic oxidation sites excluding steroid dienone is 1. The van der Waals surface area contributed by atoms with Crippen molar-refractivity contribution in [1.29, 1.82) is 5.26 Å². The second kappa shape index (κ2) is 7.72. The molecule has 8 nitrogen and oxygen atoms in total. The van der Waals surface area contributed by atoms with Gasteiger partial charge in [-0.3, -0.25) is 4.79 Å². The number of ether oxygens (including phenoxy) is 2. The van der Waals surface area contributed by atoms with Gasteiger partial charge in [0.05, 0.1) is 28.7 Å². The van der Waals surface area contributed by atoms with Gasteiger partial charge < -0.3 is 15.2 Å². The molecule has 4 rings (SSSR count). The maximum Gasteiger partial charge on any atom is 0.586 e. The van der Waals surface area contributed by atoms with Crippen molar-refractivity contribution < 1.29 is 18.3 Å². The van der Waals surface area contributed by atoms with Gasteiger partial charge in [0.25, 0.3) is 0 Å². The van der Waals surface area contributed by atoms with Crippen molar-refractivity contribution in [3.63, 3.8) is 0 Å². The number of halogens is 2. The first kappa shape index (κ1) is 19.8. The van der Waals surface area contributed by atoms with Gasteiger partial charge in [0.2, 0.25) is 5.43 Å². The summed E-state index contributed by atoms with van der Waals surface area (Å²) in [5.74, 6) is -0.269. The number of benzene rings is 2. The Morgan fingerprint density at radius 2 is 2.00 bits per heavy atom. The first-order chi connectivity index (χ1) is 14.9. The van der Waals surface area contributed by atoms with E-state index >= 15 is 0 Å². The van der Waals surface area contributed by atoms with Crippen LogP contribution in [0.3, 0.4) is 0 Å². The Bertz CT molecular complexity index is 1330. The van der Waals surface area contributed by atoms with Gasteiger partial charge in [-0.25, -0.2) is 9.67 Å². The molecule has 0 bridgehead atoms. The Hall–Kier alpha value is -4.52. The predicted molar refractivity (Wildman–Crippen MR) is 107 cm³/mol. The summed E-state index contributed by atoms with van der Waals surface area (Å²) in [4.78, 5) is 16.9. The fraction of sp³-hybridized carbons (Fsp3) is 0.0476. The van der Waals surface area contributed by atoms with Gasteiger partial charge in [-0.2, -0.15) is 10.4 Å². The molecule has 0 spiro atoms. The molecule has 0 saturated carbocycles. The quantitative estimate of drug-likeness (QED) is 0.648. The van der Waals surface area contributed by atoms with E-state index in [2.05, 4.69) is 19.6 Å². The number of alkyl halides is 2. The van der Waals surface area contributed by atoms with Crippen molar-refractivity contribution in [2.75, 3.05) is 0 Å². The van der Waals surface area contributed by atoms with Crippen molar-refractivity contribution in [3.8, 4) is 23.3 Å². The maximum absolute atomic E-state index is 13.3. The monoisotopic (exact) mass is 421 g/mol. The second-order valence-electron chi connectivity index (χ2n) is 6.29. The fourth-order valence-corrected chi connectivity index (χ4v) is 2.85. The first-order valence-corrected chi connectivity index (χ1v) is 8.86. The molecule has 10 heteroatoms. The zero-order valence-corrected chi connectivity index (χ0v) is 15.7. The zero-order chi connectivity index (χ0) is 22.0. The summed E-state index contributed by atoms with van der Waals surface area (Å²) in [7, 11) is 0. The van der Waals surface area contributed by atoms with Crippen LogP contribution in [0.25, 0.3) is 5.69 Å². The lowest BCUT2D eigenvalue weighted by Gasteiger charge is -2.08. The summed E-state index contributed by atoms with van der Waals surface area (Å²) in [6, 6.07) is 13.8. The molecule has 0 aliphatic carbocycles. The molecular formula is C21H13F2N5O3. The molecule has 2 aromatic carbocycles. The molecule has 0 atom stereocenters. The summed E-state index contributed by atoms with van der Waals surface area (Å²) >= 11 is 0. The van der Waals surface area contributed by atoms with Crippen LogP contribution < -0.4 is 20.6 Å². The second-order valence-corrected chi connectivity index (χ2v) is 6.29. The van der Waals surface area contributed by atoms with E-state index in [1.807, 2.05) is 6.07 Å². The predicted octanol–water partition coefficient (Wildman–Crippen LogP) is 3.02. The average Bonchev–Trinajstić information content (AvgIpc) is 3.07. The number of nitriles is 1. The van der Waals surface area contributed by atoms with E-state index in [1.165, 1.54) is 47.4 Å². The lowest BCUT2D eigenvalue weighted by atomic mass is 10.2. The van der Waals surface area contributed by atoms with E-state index in [-0.39, 0.29) is 22.9 Å². The first-order valence-electron chi connectivity index (χ1n) is 8.86. The van der Waals surface area contributed by atoms with E-state index < -0.39 is 11.7 Å². The molecule has 0 amide bonds. The molecule has 3 aromatic rings. The molecule has 2 heterocycles. The Kier molecular flexibility index (Phi) is 4.92. The molecule has 1 aliphatic heterocycles. The highest BCUT2D eigenvalue weighted by molar-refractivity contribution is 6.08. The number of aromatic nitrogens is 2. The highest BCUT2D eigenvalue weighted by Gasteiger charge is 2.43. The molecule has 0 unspecified atom stereocenters. The normalized spacial score (nSPS) is 14.5. The van der Waals surface area contributed by atoms with Crippen molar-refractivity contribution in [2.45, 2.75) is 6.29 Å². The summed E-state index contributed by atoms with van der Waals surface area (Å²) in [6.07, 6.45) is 0.232. The minimum atomic E-state index is -3.74. The Morgan fingerprint density at radius 3 is 2.77 bits per heavy atom. The lowest BCUT2D eigenvalue weighted by molar-refractivity contribution is -0.286. The molecule has 0 saturated heterocycles. The van der Waals surface area contributed by atoms with Gasteiger partial charge in [0, 0.05) is 18.3 Å². The molecule has 31 heavy (non-hydrogen) atoms. The highest BCUT2D eigenvalue weighted by Crippen LogP contribution is 2.41. The molecule has 0 radical (unpaired) electrons. The third kappa shape index (κ3) is 4.11. The third-order valence-corrected chi connectivity index (χ3v) is 4.18. The number of hydrogen-bond donors (Lipinski definition) is 1.